The van der Waals surface area contributed by atoms with Gasteiger partial charge in [0.1, 0.15) is 5.78 Å². The molecule has 3 aliphatic rings. The van der Waals surface area contributed by atoms with Gasteiger partial charge in [0.2, 0.25) is 11.8 Å². The first kappa shape index (κ1) is 14.7. The van der Waals surface area contributed by atoms with Crippen LogP contribution in [0.5, 0.6) is 11.8 Å². The van der Waals surface area contributed by atoms with E-state index < -0.39 is 10.8 Å². The molecule has 2 aromatic rings. The van der Waals surface area contributed by atoms with Crippen LogP contribution in [-0.2, 0) is 4.79 Å². The third kappa shape index (κ3) is 1.81. The number of carbonyl (C=O) groups excluding carboxylic acids is 1. The van der Waals surface area contributed by atoms with Gasteiger partial charge in [-0.15, -0.1) is 0 Å². The smallest absolute Gasteiger partial charge is 0.274 e. The molecule has 5 rings (SSSR count). The summed E-state index contributed by atoms with van der Waals surface area (Å²) in [5.41, 5.74) is 1.82. The highest BCUT2D eigenvalue weighted by Crippen LogP contribution is 2.55. The number of aryl methyl sites for hydroxylation is 1. The molecule has 1 aromatic heterocycles. The third-order valence-corrected chi connectivity index (χ3v) is 5.24. The van der Waals surface area contributed by atoms with E-state index in [0.29, 0.717) is 35.2 Å². The Balaban J connectivity index is 1.95. The Morgan fingerprint density at radius 2 is 1.92 bits per heavy atom. The predicted octanol–water partition coefficient (Wildman–Crippen LogP) is 3.04. The van der Waals surface area contributed by atoms with Gasteiger partial charge in [0.25, 0.3) is 5.69 Å². The molecule has 2 atom stereocenters. The Morgan fingerprint density at radius 1 is 1.21 bits per heavy atom. The zero-order valence-corrected chi connectivity index (χ0v) is 13.0. The van der Waals surface area contributed by atoms with Crippen LogP contribution in [0, 0.1) is 17.0 Å². The summed E-state index contributed by atoms with van der Waals surface area (Å²) in [5.74, 6) is -0.713. The number of benzene rings is 1. The Bertz CT molecular complexity index is 899. The van der Waals surface area contributed by atoms with Crippen molar-refractivity contribution in [2.24, 2.45) is 0 Å². The van der Waals surface area contributed by atoms with Crippen LogP contribution in [0.1, 0.15) is 47.8 Å². The lowest BCUT2D eigenvalue weighted by Gasteiger charge is -2.34. The minimum absolute atomic E-state index is 0.0843. The molecule has 7 heteroatoms. The summed E-state index contributed by atoms with van der Waals surface area (Å²) in [6.07, 6.45) is 1.85. The molecule has 3 aliphatic carbocycles. The highest BCUT2D eigenvalue weighted by Gasteiger charge is 2.45. The van der Waals surface area contributed by atoms with Crippen LogP contribution in [0.2, 0.25) is 0 Å². The number of nitro groups is 1. The Labute approximate surface area is 137 Å². The van der Waals surface area contributed by atoms with E-state index in [4.69, 9.17) is 0 Å². The quantitative estimate of drug-likeness (QED) is 0.651. The summed E-state index contributed by atoms with van der Waals surface area (Å²) in [4.78, 5) is 22.8. The van der Waals surface area contributed by atoms with Gasteiger partial charge in [-0.1, -0.05) is 6.07 Å². The van der Waals surface area contributed by atoms with Gasteiger partial charge in [0, 0.05) is 35.1 Å². The van der Waals surface area contributed by atoms with Crippen molar-refractivity contribution < 1.29 is 19.9 Å². The van der Waals surface area contributed by atoms with Crippen LogP contribution >= 0.6 is 0 Å². The number of hydrogen-bond donors (Lipinski definition) is 2. The maximum atomic E-state index is 12.1. The van der Waals surface area contributed by atoms with E-state index in [0.717, 1.165) is 6.42 Å². The second kappa shape index (κ2) is 4.83. The monoisotopic (exact) mass is 328 g/mol. The van der Waals surface area contributed by atoms with Crippen LogP contribution in [0.4, 0.5) is 5.69 Å². The molecular weight excluding hydrogens is 312 g/mol. The minimum Gasteiger partial charge on any atom is -0.494 e. The second-order valence-electron chi connectivity index (χ2n) is 6.54. The summed E-state index contributed by atoms with van der Waals surface area (Å²) < 4.78 is 1.21. The SMILES string of the molecule is Cc1ccc(-n2c(O)c3c(c2O)[C@@H]2CC[C@H]3CC2=O)cc1[N+](=O)[O-]. The van der Waals surface area contributed by atoms with Crippen molar-refractivity contribution in [2.45, 2.75) is 38.0 Å². The van der Waals surface area contributed by atoms with Gasteiger partial charge >= 0.3 is 0 Å². The predicted molar refractivity (Wildman–Crippen MR) is 84.8 cm³/mol. The molecule has 124 valence electrons. The lowest BCUT2D eigenvalue weighted by atomic mass is 9.67. The third-order valence-electron chi connectivity index (χ3n) is 5.24. The standard InChI is InChI=1S/C17H16N2O5/c1-8-2-4-10(7-12(8)19(23)24)18-16(21)14-9-3-5-11(13(20)6-9)15(14)17(18)22/h2,4,7,9,11,21-22H,3,5-6H2,1H3/t9-,11+/m0/s1. The number of ketones is 1. The molecule has 0 unspecified atom stereocenters. The van der Waals surface area contributed by atoms with Crippen LogP contribution in [0.15, 0.2) is 18.2 Å². The summed E-state index contributed by atoms with van der Waals surface area (Å²) >= 11 is 0. The number of nitro benzene ring substituents is 1. The molecule has 1 heterocycles. The lowest BCUT2D eigenvalue weighted by Crippen LogP contribution is -2.28. The Kier molecular flexibility index (Phi) is 2.97. The summed E-state index contributed by atoms with van der Waals surface area (Å²) in [6.45, 7) is 1.63. The number of nitrogens with zero attached hydrogens (tertiary/aromatic N) is 2. The van der Waals surface area contributed by atoms with E-state index >= 15 is 0 Å². The first-order chi connectivity index (χ1) is 11.4. The number of hydrogen-bond acceptors (Lipinski definition) is 5. The molecule has 1 fully saturated rings. The molecule has 24 heavy (non-hydrogen) atoms. The van der Waals surface area contributed by atoms with E-state index in [1.165, 1.54) is 10.6 Å². The van der Waals surface area contributed by atoms with E-state index in [-0.39, 0.29) is 29.1 Å². The normalized spacial score (nSPS) is 21.8. The van der Waals surface area contributed by atoms with Gasteiger partial charge < -0.3 is 10.2 Å². The number of carbonyl (C=O) groups is 1. The van der Waals surface area contributed by atoms with Crippen molar-refractivity contribution in [1.82, 2.24) is 4.57 Å². The average Bonchev–Trinajstić information content (AvgIpc) is 2.81. The number of rotatable bonds is 2. The second-order valence-corrected chi connectivity index (χ2v) is 6.54. The van der Waals surface area contributed by atoms with Crippen LogP contribution < -0.4 is 0 Å². The molecule has 1 aromatic carbocycles. The number of fused-ring (bicyclic) bond motifs is 2. The Morgan fingerprint density at radius 3 is 2.58 bits per heavy atom. The van der Waals surface area contributed by atoms with Crippen molar-refractivity contribution in [3.05, 3.63) is 45.0 Å². The maximum absolute atomic E-state index is 12.1. The van der Waals surface area contributed by atoms with Crippen LogP contribution in [-0.4, -0.2) is 25.5 Å². The molecule has 0 spiro atoms. The highest BCUT2D eigenvalue weighted by molar-refractivity contribution is 5.91. The molecule has 0 aliphatic heterocycles. The van der Waals surface area contributed by atoms with Crippen molar-refractivity contribution in [2.75, 3.05) is 0 Å². The molecule has 0 radical (unpaired) electrons. The number of Topliss-reactive ketones (excluding diaryl/α,β-unsaturated/α-hetero) is 1. The molecule has 2 N–H and O–H groups in total. The van der Waals surface area contributed by atoms with Gasteiger partial charge in [-0.3, -0.25) is 19.5 Å². The van der Waals surface area contributed by atoms with Gasteiger partial charge in [-0.25, -0.2) is 0 Å². The minimum atomic E-state index is -0.496. The maximum Gasteiger partial charge on any atom is 0.274 e. The summed E-state index contributed by atoms with van der Waals surface area (Å²) in [7, 11) is 0. The highest BCUT2D eigenvalue weighted by atomic mass is 16.6. The van der Waals surface area contributed by atoms with E-state index in [1.807, 2.05) is 0 Å². The zero-order valence-electron chi connectivity index (χ0n) is 13.0. The summed E-state index contributed by atoms with van der Waals surface area (Å²) in [6, 6.07) is 4.51. The number of aromatic nitrogens is 1. The molecule has 2 bridgehead atoms. The van der Waals surface area contributed by atoms with E-state index in [2.05, 4.69) is 0 Å². The number of aromatic hydroxyl groups is 2. The molecule has 0 amide bonds. The largest absolute Gasteiger partial charge is 0.494 e. The topological polar surface area (TPSA) is 106 Å². The average molecular weight is 328 g/mol. The summed E-state index contributed by atoms with van der Waals surface area (Å²) in [5, 5.41) is 32.4. The molecule has 0 saturated heterocycles. The van der Waals surface area contributed by atoms with Crippen molar-refractivity contribution >= 4 is 11.5 Å². The van der Waals surface area contributed by atoms with Gasteiger partial charge in [-0.2, -0.15) is 0 Å². The van der Waals surface area contributed by atoms with Crippen molar-refractivity contribution in [3.63, 3.8) is 0 Å². The Hall–Kier alpha value is -2.83. The van der Waals surface area contributed by atoms with Gasteiger partial charge in [0.15, 0.2) is 0 Å². The van der Waals surface area contributed by atoms with Crippen LogP contribution in [0.25, 0.3) is 5.69 Å². The molecular formula is C17H16N2O5. The van der Waals surface area contributed by atoms with E-state index in [9.17, 15) is 25.1 Å². The van der Waals surface area contributed by atoms with Crippen LogP contribution in [0.3, 0.4) is 0 Å². The molecule has 7 nitrogen and oxygen atoms in total. The first-order valence-corrected chi connectivity index (χ1v) is 7.84. The fourth-order valence-electron chi connectivity index (χ4n) is 4.07. The molecule has 1 saturated carbocycles. The zero-order chi connectivity index (χ0) is 17.2. The fraction of sp³-hybridized carbons (Fsp3) is 0.353. The van der Waals surface area contributed by atoms with Gasteiger partial charge in [-0.05, 0) is 31.7 Å². The van der Waals surface area contributed by atoms with Crippen molar-refractivity contribution in [1.29, 1.82) is 0 Å². The fourth-order valence-corrected chi connectivity index (χ4v) is 4.07. The van der Waals surface area contributed by atoms with Gasteiger partial charge in [0.05, 0.1) is 10.6 Å². The van der Waals surface area contributed by atoms with Crippen molar-refractivity contribution in [3.8, 4) is 17.4 Å². The first-order valence-electron chi connectivity index (χ1n) is 7.84. The lowest BCUT2D eigenvalue weighted by molar-refractivity contribution is -0.385. The van der Waals surface area contributed by atoms with E-state index in [1.54, 1.807) is 19.1 Å².